The summed E-state index contributed by atoms with van der Waals surface area (Å²) < 4.78 is 5.64. The van der Waals surface area contributed by atoms with Gasteiger partial charge in [0.05, 0.1) is 6.54 Å². The van der Waals surface area contributed by atoms with Crippen molar-refractivity contribution >= 4 is 12.0 Å². The molecule has 0 spiro atoms. The van der Waals surface area contributed by atoms with Gasteiger partial charge in [0.15, 0.2) is 0 Å². The van der Waals surface area contributed by atoms with Gasteiger partial charge in [0.2, 0.25) is 5.91 Å². The second-order valence-electron chi connectivity index (χ2n) is 11.2. The third-order valence-corrected chi connectivity index (χ3v) is 7.53. The molecule has 0 saturated carbocycles. The van der Waals surface area contributed by atoms with E-state index in [-0.39, 0.29) is 35.3 Å². The summed E-state index contributed by atoms with van der Waals surface area (Å²) in [5.41, 5.74) is 1.99. The van der Waals surface area contributed by atoms with E-state index in [1.807, 2.05) is 29.2 Å². The average molecular weight is 481 g/mol. The van der Waals surface area contributed by atoms with Gasteiger partial charge in [0.25, 0.3) is 0 Å². The Kier molecular flexibility index (Phi) is 6.47. The van der Waals surface area contributed by atoms with E-state index in [0.717, 1.165) is 23.1 Å². The van der Waals surface area contributed by atoms with Crippen LogP contribution in [0.4, 0.5) is 4.79 Å². The fourth-order valence-electron chi connectivity index (χ4n) is 5.24. The van der Waals surface area contributed by atoms with Crippen LogP contribution in [0.3, 0.4) is 0 Å². The van der Waals surface area contributed by atoms with E-state index in [0.29, 0.717) is 19.5 Å². The maximum Gasteiger partial charge on any atom is 0.411 e. The van der Waals surface area contributed by atoms with Crippen LogP contribution < -0.4 is 0 Å². The highest BCUT2D eigenvalue weighted by Crippen LogP contribution is 2.41. The Morgan fingerprint density at radius 2 is 1.77 bits per heavy atom. The van der Waals surface area contributed by atoms with Gasteiger partial charge >= 0.3 is 6.09 Å². The molecule has 1 fully saturated rings. The Labute approximate surface area is 207 Å². The lowest BCUT2D eigenvalue weighted by Crippen LogP contribution is -2.58. The summed E-state index contributed by atoms with van der Waals surface area (Å²) in [4.78, 5) is 30.3. The molecular weight excluding hydrogens is 444 g/mol. The van der Waals surface area contributed by atoms with Crippen LogP contribution in [0, 0.1) is 5.92 Å². The van der Waals surface area contributed by atoms with Crippen molar-refractivity contribution in [2.45, 2.75) is 71.1 Å². The maximum absolute atomic E-state index is 13.8. The predicted molar refractivity (Wildman–Crippen MR) is 133 cm³/mol. The largest absolute Gasteiger partial charge is 0.508 e. The topological polar surface area (TPSA) is 90.3 Å². The number of hydrogen-bond donors (Lipinski definition) is 2. The Bertz CT molecular complexity index is 1120. The van der Waals surface area contributed by atoms with Crippen molar-refractivity contribution in [3.05, 3.63) is 59.2 Å². The molecule has 7 heteroatoms. The van der Waals surface area contributed by atoms with Crippen molar-refractivity contribution in [2.24, 2.45) is 5.92 Å². The van der Waals surface area contributed by atoms with E-state index in [4.69, 9.17) is 4.74 Å². The van der Waals surface area contributed by atoms with E-state index in [1.165, 1.54) is 4.90 Å². The third-order valence-electron chi connectivity index (χ3n) is 7.53. The highest BCUT2D eigenvalue weighted by atomic mass is 16.6. The highest BCUT2D eigenvalue weighted by molar-refractivity contribution is 5.87. The molecule has 3 atom stereocenters. The normalized spacial score (nSPS) is 24.6. The fraction of sp³-hybridized carbons (Fsp3) is 0.500. The molecule has 7 nitrogen and oxygen atoms in total. The number of ether oxygens (including phenoxy) is 1. The molecule has 2 aromatic carbocycles. The molecule has 0 radical (unpaired) electrons. The van der Waals surface area contributed by atoms with Gasteiger partial charge in [-0.25, -0.2) is 4.79 Å². The molecule has 2 aliphatic heterocycles. The molecule has 0 aromatic heterocycles. The van der Waals surface area contributed by atoms with Crippen LogP contribution in [0.1, 0.15) is 57.7 Å². The number of likely N-dealkylation sites (tertiary alicyclic amines) is 1. The molecule has 35 heavy (non-hydrogen) atoms. The summed E-state index contributed by atoms with van der Waals surface area (Å²) in [7, 11) is 0. The van der Waals surface area contributed by atoms with Gasteiger partial charge < -0.3 is 19.8 Å². The summed E-state index contributed by atoms with van der Waals surface area (Å²) in [5, 5.41) is 19.9. The van der Waals surface area contributed by atoms with Crippen LogP contribution in [0.15, 0.2) is 42.5 Å². The molecule has 2 aromatic rings. The molecular formula is C28H36N2O5. The molecule has 1 saturated heterocycles. The zero-order chi connectivity index (χ0) is 25.5. The van der Waals surface area contributed by atoms with Gasteiger partial charge in [-0.15, -0.1) is 0 Å². The first-order valence-corrected chi connectivity index (χ1v) is 12.3. The summed E-state index contributed by atoms with van der Waals surface area (Å²) >= 11 is 0. The zero-order valence-corrected chi connectivity index (χ0v) is 21.2. The van der Waals surface area contributed by atoms with Crippen molar-refractivity contribution in [2.75, 3.05) is 13.1 Å². The fourth-order valence-corrected chi connectivity index (χ4v) is 5.24. The first kappa shape index (κ1) is 24.9. The van der Waals surface area contributed by atoms with E-state index in [1.54, 1.807) is 39.0 Å². The molecule has 2 N–H and O–H groups in total. The number of phenols is 2. The Morgan fingerprint density at radius 3 is 2.43 bits per heavy atom. The van der Waals surface area contributed by atoms with Crippen LogP contribution in [-0.2, 0) is 27.9 Å². The summed E-state index contributed by atoms with van der Waals surface area (Å²) in [6.45, 7) is 11.1. The number of rotatable bonds is 2. The standard InChI is InChI=1S/C28H36N2O5/c1-18-16-29(12-11-28(18,5)21-7-6-8-22(31)15-21)25(33)24-14-19-9-10-23(32)13-20(19)17-30(24)26(34)35-27(2,3)4/h6-10,13,15,18,24,31-32H,11-12,14,16-17H2,1-5H3/t18-,24+,28+/m0/s1. The van der Waals surface area contributed by atoms with Gasteiger partial charge in [0.1, 0.15) is 23.1 Å². The van der Waals surface area contributed by atoms with Crippen molar-refractivity contribution in [3.8, 4) is 11.5 Å². The monoisotopic (exact) mass is 480 g/mol. The van der Waals surface area contributed by atoms with E-state index in [9.17, 15) is 19.8 Å². The highest BCUT2D eigenvalue weighted by Gasteiger charge is 2.44. The predicted octanol–water partition coefficient (Wildman–Crippen LogP) is 4.59. The van der Waals surface area contributed by atoms with E-state index < -0.39 is 17.7 Å². The Hall–Kier alpha value is -3.22. The lowest BCUT2D eigenvalue weighted by atomic mass is 9.68. The Morgan fingerprint density at radius 1 is 1.06 bits per heavy atom. The number of fused-ring (bicyclic) bond motifs is 1. The lowest BCUT2D eigenvalue weighted by molar-refractivity contribution is -0.140. The number of phenolic OH excluding ortho intramolecular Hbond substituents is 2. The van der Waals surface area contributed by atoms with Crippen molar-refractivity contribution < 1.29 is 24.5 Å². The number of aromatic hydroxyl groups is 2. The molecule has 188 valence electrons. The number of benzene rings is 2. The molecule has 2 heterocycles. The lowest BCUT2D eigenvalue weighted by Gasteiger charge is -2.47. The van der Waals surface area contributed by atoms with Crippen molar-refractivity contribution in [1.29, 1.82) is 0 Å². The van der Waals surface area contributed by atoms with Crippen LogP contribution in [0.5, 0.6) is 11.5 Å². The Balaban J connectivity index is 1.57. The van der Waals surface area contributed by atoms with Gasteiger partial charge in [-0.05, 0) is 79.5 Å². The first-order valence-electron chi connectivity index (χ1n) is 12.3. The van der Waals surface area contributed by atoms with E-state index in [2.05, 4.69) is 13.8 Å². The number of carbonyl (C=O) groups is 2. The smallest absolute Gasteiger partial charge is 0.411 e. The van der Waals surface area contributed by atoms with Crippen molar-refractivity contribution in [1.82, 2.24) is 9.80 Å². The van der Waals surface area contributed by atoms with E-state index >= 15 is 0 Å². The maximum atomic E-state index is 13.8. The first-order chi connectivity index (χ1) is 16.4. The van der Waals surface area contributed by atoms with Crippen LogP contribution >= 0.6 is 0 Å². The minimum atomic E-state index is -0.688. The minimum absolute atomic E-state index is 0.0839. The van der Waals surface area contributed by atoms with Gasteiger partial charge in [0, 0.05) is 19.5 Å². The minimum Gasteiger partial charge on any atom is -0.508 e. The number of piperidine rings is 1. The van der Waals surface area contributed by atoms with Crippen molar-refractivity contribution in [3.63, 3.8) is 0 Å². The average Bonchev–Trinajstić information content (AvgIpc) is 2.78. The van der Waals surface area contributed by atoms with Gasteiger partial charge in [-0.2, -0.15) is 0 Å². The quantitative estimate of drug-likeness (QED) is 0.656. The molecule has 0 unspecified atom stereocenters. The molecule has 4 rings (SSSR count). The summed E-state index contributed by atoms with van der Waals surface area (Å²) in [6, 6.07) is 11.8. The number of hydrogen-bond acceptors (Lipinski definition) is 5. The third kappa shape index (κ3) is 5.09. The summed E-state index contributed by atoms with van der Waals surface area (Å²) in [6.07, 6.45) is 0.606. The SMILES string of the molecule is C[C@H]1CN(C(=O)[C@H]2Cc3ccc(O)cc3CN2C(=O)OC(C)(C)C)CC[C@@]1(C)c1cccc(O)c1. The second kappa shape index (κ2) is 9.10. The molecule has 0 aliphatic carbocycles. The van der Waals surface area contributed by atoms with Crippen LogP contribution in [-0.4, -0.2) is 56.7 Å². The van der Waals surface area contributed by atoms with Crippen LogP contribution in [0.2, 0.25) is 0 Å². The molecule has 0 bridgehead atoms. The molecule has 2 amide bonds. The summed E-state index contributed by atoms with van der Waals surface area (Å²) in [5.74, 6) is 0.451. The molecule has 2 aliphatic rings. The van der Waals surface area contributed by atoms with Crippen LogP contribution in [0.25, 0.3) is 0 Å². The zero-order valence-electron chi connectivity index (χ0n) is 21.2. The number of nitrogens with zero attached hydrogens (tertiary/aromatic N) is 2. The second-order valence-corrected chi connectivity index (χ2v) is 11.2. The van der Waals surface area contributed by atoms with Gasteiger partial charge in [-0.1, -0.05) is 32.0 Å². The van der Waals surface area contributed by atoms with Gasteiger partial charge in [-0.3, -0.25) is 9.69 Å². The number of amides is 2. The number of carbonyl (C=O) groups excluding carboxylic acids is 2.